The largest absolute Gasteiger partial charge is 0.482 e. The first kappa shape index (κ1) is 13.5. The lowest BCUT2D eigenvalue weighted by atomic mass is 10.2. The molecule has 1 aliphatic rings. The summed E-state index contributed by atoms with van der Waals surface area (Å²) in [6, 6.07) is 6.93. The van der Waals surface area contributed by atoms with Gasteiger partial charge in [-0.2, -0.15) is 0 Å². The fourth-order valence-corrected chi connectivity index (χ4v) is 2.56. The molecule has 0 bridgehead atoms. The molecule has 1 saturated carbocycles. The topological polar surface area (TPSA) is 21.3 Å². The van der Waals surface area contributed by atoms with Crippen LogP contribution < -0.4 is 10.1 Å². The van der Waals surface area contributed by atoms with Gasteiger partial charge in [-0.1, -0.05) is 6.07 Å². The number of rotatable bonds is 6. The fourth-order valence-electron chi connectivity index (χ4n) is 1.94. The SMILES string of the molecule is Fc1cc(CNC2CC2)cc(F)c1OCc1cccs1. The van der Waals surface area contributed by atoms with Crippen LogP contribution in [-0.2, 0) is 13.2 Å². The highest BCUT2D eigenvalue weighted by atomic mass is 32.1. The zero-order valence-electron chi connectivity index (χ0n) is 10.9. The molecule has 0 radical (unpaired) electrons. The maximum Gasteiger partial charge on any atom is 0.191 e. The summed E-state index contributed by atoms with van der Waals surface area (Å²) in [6.07, 6.45) is 2.29. The van der Waals surface area contributed by atoms with Gasteiger partial charge >= 0.3 is 0 Å². The van der Waals surface area contributed by atoms with Crippen LogP contribution in [0.3, 0.4) is 0 Å². The lowest BCUT2D eigenvalue weighted by Crippen LogP contribution is -2.15. The van der Waals surface area contributed by atoms with Gasteiger partial charge in [-0.15, -0.1) is 11.3 Å². The average Bonchev–Trinajstić information content (AvgIpc) is 3.10. The van der Waals surface area contributed by atoms with Gasteiger partial charge in [-0.05, 0) is 42.0 Å². The van der Waals surface area contributed by atoms with Crippen LogP contribution in [0.15, 0.2) is 29.6 Å². The number of thiophene rings is 1. The van der Waals surface area contributed by atoms with E-state index in [0.29, 0.717) is 18.2 Å². The van der Waals surface area contributed by atoms with Crippen molar-refractivity contribution in [2.75, 3.05) is 0 Å². The van der Waals surface area contributed by atoms with Crippen LogP contribution in [0.2, 0.25) is 0 Å². The molecule has 1 heterocycles. The standard InChI is InChI=1S/C15H15F2NOS/c16-13-6-10(8-18-11-3-4-11)7-14(17)15(13)19-9-12-2-1-5-20-12/h1-2,5-7,11,18H,3-4,8-9H2. The Bertz CT molecular complexity index is 559. The number of halogens is 2. The van der Waals surface area contributed by atoms with E-state index in [1.807, 2.05) is 17.5 Å². The predicted octanol–water partition coefficient (Wildman–Crippen LogP) is 3.86. The van der Waals surface area contributed by atoms with Crippen LogP contribution in [0, 0.1) is 11.6 Å². The highest BCUT2D eigenvalue weighted by Crippen LogP contribution is 2.26. The number of benzene rings is 1. The molecule has 0 unspecified atom stereocenters. The highest BCUT2D eigenvalue weighted by Gasteiger charge is 2.20. The van der Waals surface area contributed by atoms with Gasteiger partial charge < -0.3 is 10.1 Å². The normalized spacial score (nSPS) is 14.5. The molecule has 3 rings (SSSR count). The number of hydrogen-bond donors (Lipinski definition) is 1. The molecule has 1 aromatic carbocycles. The van der Waals surface area contributed by atoms with Gasteiger partial charge in [-0.3, -0.25) is 0 Å². The Morgan fingerprint density at radius 2 is 2.00 bits per heavy atom. The van der Waals surface area contributed by atoms with Crippen LogP contribution in [0.5, 0.6) is 5.75 Å². The number of hydrogen-bond acceptors (Lipinski definition) is 3. The summed E-state index contributed by atoms with van der Waals surface area (Å²) in [7, 11) is 0. The molecule has 1 N–H and O–H groups in total. The molecule has 5 heteroatoms. The number of ether oxygens (including phenoxy) is 1. The van der Waals surface area contributed by atoms with Crippen molar-refractivity contribution in [1.82, 2.24) is 5.32 Å². The maximum absolute atomic E-state index is 13.9. The van der Waals surface area contributed by atoms with Gasteiger partial charge in [0.25, 0.3) is 0 Å². The Labute approximate surface area is 120 Å². The van der Waals surface area contributed by atoms with Gasteiger partial charge in [-0.25, -0.2) is 8.78 Å². The highest BCUT2D eigenvalue weighted by molar-refractivity contribution is 7.09. The van der Waals surface area contributed by atoms with Crippen molar-refractivity contribution in [1.29, 1.82) is 0 Å². The monoisotopic (exact) mass is 295 g/mol. The summed E-state index contributed by atoms with van der Waals surface area (Å²) >= 11 is 1.50. The van der Waals surface area contributed by atoms with Crippen molar-refractivity contribution in [3.63, 3.8) is 0 Å². The Hall–Kier alpha value is -1.46. The maximum atomic E-state index is 13.9. The van der Waals surface area contributed by atoms with Crippen molar-refractivity contribution in [2.24, 2.45) is 0 Å². The molecule has 0 saturated heterocycles. The Morgan fingerprint density at radius 1 is 1.25 bits per heavy atom. The molecule has 20 heavy (non-hydrogen) atoms. The second-order valence-electron chi connectivity index (χ2n) is 4.91. The Kier molecular flexibility index (Phi) is 3.98. The molecular formula is C15H15F2NOS. The lowest BCUT2D eigenvalue weighted by molar-refractivity contribution is 0.276. The van der Waals surface area contributed by atoms with Crippen molar-refractivity contribution in [3.8, 4) is 5.75 Å². The minimum Gasteiger partial charge on any atom is -0.482 e. The van der Waals surface area contributed by atoms with E-state index in [0.717, 1.165) is 17.7 Å². The first-order valence-electron chi connectivity index (χ1n) is 6.59. The van der Waals surface area contributed by atoms with Crippen LogP contribution in [0.25, 0.3) is 0 Å². The summed E-state index contributed by atoms with van der Waals surface area (Å²) in [5.74, 6) is -1.59. The van der Waals surface area contributed by atoms with Crippen LogP contribution >= 0.6 is 11.3 Å². The summed E-state index contributed by atoms with van der Waals surface area (Å²) < 4.78 is 33.0. The molecule has 1 aromatic heterocycles. The molecule has 0 amide bonds. The van der Waals surface area contributed by atoms with Crippen molar-refractivity contribution in [2.45, 2.75) is 32.0 Å². The van der Waals surface area contributed by atoms with Crippen molar-refractivity contribution < 1.29 is 13.5 Å². The van der Waals surface area contributed by atoms with Gasteiger partial charge in [0.15, 0.2) is 17.4 Å². The second kappa shape index (κ2) is 5.89. The first-order valence-corrected chi connectivity index (χ1v) is 7.47. The zero-order valence-corrected chi connectivity index (χ0v) is 11.7. The average molecular weight is 295 g/mol. The molecule has 0 atom stereocenters. The predicted molar refractivity (Wildman–Crippen MR) is 74.9 cm³/mol. The zero-order chi connectivity index (χ0) is 13.9. The summed E-state index contributed by atoms with van der Waals surface area (Å²) in [6.45, 7) is 0.675. The summed E-state index contributed by atoms with van der Waals surface area (Å²) in [5, 5.41) is 5.13. The van der Waals surface area contributed by atoms with E-state index in [4.69, 9.17) is 4.74 Å². The van der Waals surface area contributed by atoms with Crippen molar-refractivity contribution >= 4 is 11.3 Å². The van der Waals surface area contributed by atoms with Crippen LogP contribution in [0.1, 0.15) is 23.3 Å². The first-order chi connectivity index (χ1) is 9.72. The van der Waals surface area contributed by atoms with Crippen LogP contribution in [-0.4, -0.2) is 6.04 Å². The van der Waals surface area contributed by atoms with E-state index in [2.05, 4.69) is 5.32 Å². The van der Waals surface area contributed by atoms with E-state index in [1.54, 1.807) is 0 Å². The fraction of sp³-hybridized carbons (Fsp3) is 0.333. The molecule has 1 fully saturated rings. The molecule has 106 valence electrons. The molecule has 2 aromatic rings. The molecule has 0 spiro atoms. The van der Waals surface area contributed by atoms with E-state index in [1.165, 1.54) is 23.5 Å². The second-order valence-corrected chi connectivity index (χ2v) is 5.94. The van der Waals surface area contributed by atoms with E-state index in [-0.39, 0.29) is 12.4 Å². The third-order valence-corrected chi connectivity index (χ3v) is 4.02. The lowest BCUT2D eigenvalue weighted by Gasteiger charge is -2.10. The van der Waals surface area contributed by atoms with Gasteiger partial charge in [0.2, 0.25) is 0 Å². The third-order valence-electron chi connectivity index (χ3n) is 3.17. The number of nitrogens with one attached hydrogen (secondary N) is 1. The quantitative estimate of drug-likeness (QED) is 0.874. The molecule has 2 nitrogen and oxygen atoms in total. The smallest absolute Gasteiger partial charge is 0.191 e. The van der Waals surface area contributed by atoms with E-state index < -0.39 is 11.6 Å². The summed E-state index contributed by atoms with van der Waals surface area (Å²) in [5.41, 5.74) is 0.607. The third kappa shape index (κ3) is 3.35. The minimum atomic E-state index is -0.644. The molecule has 1 aliphatic carbocycles. The van der Waals surface area contributed by atoms with Gasteiger partial charge in [0.05, 0.1) is 0 Å². The van der Waals surface area contributed by atoms with Gasteiger partial charge in [0.1, 0.15) is 6.61 Å². The van der Waals surface area contributed by atoms with Crippen molar-refractivity contribution in [3.05, 3.63) is 51.7 Å². The minimum absolute atomic E-state index is 0.186. The van der Waals surface area contributed by atoms with Gasteiger partial charge in [0, 0.05) is 17.5 Å². The van der Waals surface area contributed by atoms with E-state index in [9.17, 15) is 8.78 Å². The molecular weight excluding hydrogens is 280 g/mol. The summed E-state index contributed by atoms with van der Waals surface area (Å²) in [4.78, 5) is 0.934. The Balaban J connectivity index is 1.67. The Morgan fingerprint density at radius 3 is 2.60 bits per heavy atom. The van der Waals surface area contributed by atoms with Crippen LogP contribution in [0.4, 0.5) is 8.78 Å². The molecule has 0 aliphatic heterocycles. The van der Waals surface area contributed by atoms with E-state index >= 15 is 0 Å².